The van der Waals surface area contributed by atoms with Gasteiger partial charge in [-0.2, -0.15) is 0 Å². The number of benzene rings is 1. The molecule has 0 saturated carbocycles. The number of aryl methyl sites for hydroxylation is 1. The number of rotatable bonds is 5. The van der Waals surface area contributed by atoms with Crippen LogP contribution in [0.1, 0.15) is 23.1 Å². The second kappa shape index (κ2) is 7.45. The van der Waals surface area contributed by atoms with Crippen molar-refractivity contribution in [3.05, 3.63) is 52.4 Å². The van der Waals surface area contributed by atoms with E-state index in [2.05, 4.69) is 15.0 Å². The Morgan fingerprint density at radius 1 is 1.22 bits per heavy atom. The number of piperazine rings is 1. The van der Waals surface area contributed by atoms with Crippen molar-refractivity contribution >= 4 is 11.6 Å². The number of hydrogen-bond acceptors (Lipinski definition) is 5. The van der Waals surface area contributed by atoms with Crippen LogP contribution in [0.4, 0.5) is 0 Å². The third-order valence-corrected chi connectivity index (χ3v) is 4.43. The van der Waals surface area contributed by atoms with Crippen molar-refractivity contribution in [2.45, 2.75) is 19.6 Å². The number of aliphatic hydroxyl groups is 1. The van der Waals surface area contributed by atoms with Crippen molar-refractivity contribution < 1.29 is 9.63 Å². The molecule has 124 valence electrons. The standard InChI is InChI=1S/C17H22ClN3O2/c1-13-9-16(19-23-13)11-20-5-7-21(8-6-20)12-17(22)14-3-2-4-15(18)10-14/h2-4,9-10,17,22H,5-8,11-12H2,1H3. The van der Waals surface area contributed by atoms with Crippen molar-refractivity contribution in [2.75, 3.05) is 32.7 Å². The Morgan fingerprint density at radius 3 is 2.61 bits per heavy atom. The average Bonchev–Trinajstić information content (AvgIpc) is 2.94. The lowest BCUT2D eigenvalue weighted by atomic mass is 10.1. The van der Waals surface area contributed by atoms with Crippen LogP contribution in [0, 0.1) is 6.92 Å². The van der Waals surface area contributed by atoms with Crippen molar-refractivity contribution in [1.29, 1.82) is 0 Å². The highest BCUT2D eigenvalue weighted by Gasteiger charge is 2.20. The fourth-order valence-corrected chi connectivity index (χ4v) is 3.11. The average molecular weight is 336 g/mol. The van der Waals surface area contributed by atoms with Crippen molar-refractivity contribution in [1.82, 2.24) is 15.0 Å². The van der Waals surface area contributed by atoms with Gasteiger partial charge < -0.3 is 9.63 Å². The molecule has 23 heavy (non-hydrogen) atoms. The smallest absolute Gasteiger partial charge is 0.133 e. The minimum Gasteiger partial charge on any atom is -0.387 e. The second-order valence-corrected chi connectivity index (χ2v) is 6.51. The first-order chi connectivity index (χ1) is 11.1. The summed E-state index contributed by atoms with van der Waals surface area (Å²) in [6, 6.07) is 9.42. The van der Waals surface area contributed by atoms with Crippen LogP contribution in [-0.4, -0.2) is 52.8 Å². The summed E-state index contributed by atoms with van der Waals surface area (Å²) in [5.41, 5.74) is 1.85. The van der Waals surface area contributed by atoms with Crippen LogP contribution in [0.15, 0.2) is 34.9 Å². The predicted molar refractivity (Wildman–Crippen MR) is 89.4 cm³/mol. The van der Waals surface area contributed by atoms with Crippen LogP contribution in [0.25, 0.3) is 0 Å². The van der Waals surface area contributed by atoms with Crippen LogP contribution in [-0.2, 0) is 6.54 Å². The fourth-order valence-electron chi connectivity index (χ4n) is 2.92. The van der Waals surface area contributed by atoms with Crippen molar-refractivity contribution in [3.63, 3.8) is 0 Å². The maximum atomic E-state index is 10.4. The fraction of sp³-hybridized carbons (Fsp3) is 0.471. The van der Waals surface area contributed by atoms with E-state index < -0.39 is 6.10 Å². The van der Waals surface area contributed by atoms with Crippen molar-refractivity contribution in [2.24, 2.45) is 0 Å². The summed E-state index contributed by atoms with van der Waals surface area (Å²) in [6.07, 6.45) is -0.501. The molecule has 1 saturated heterocycles. The molecule has 1 unspecified atom stereocenters. The quantitative estimate of drug-likeness (QED) is 0.909. The Labute approximate surface area is 141 Å². The van der Waals surface area contributed by atoms with Gasteiger partial charge in [0.05, 0.1) is 11.8 Å². The molecule has 1 aliphatic heterocycles. The molecule has 1 aromatic heterocycles. The number of aliphatic hydroxyl groups excluding tert-OH is 1. The van der Waals surface area contributed by atoms with Crippen LogP contribution >= 0.6 is 11.6 Å². The van der Waals surface area contributed by atoms with Gasteiger partial charge in [-0.25, -0.2) is 0 Å². The number of nitrogens with zero attached hydrogens (tertiary/aromatic N) is 3. The van der Waals surface area contributed by atoms with E-state index in [0.29, 0.717) is 11.6 Å². The third-order valence-electron chi connectivity index (χ3n) is 4.19. The van der Waals surface area contributed by atoms with E-state index in [4.69, 9.17) is 16.1 Å². The summed E-state index contributed by atoms with van der Waals surface area (Å²) >= 11 is 5.98. The lowest BCUT2D eigenvalue weighted by Gasteiger charge is -2.35. The summed E-state index contributed by atoms with van der Waals surface area (Å²) in [4.78, 5) is 4.65. The molecule has 1 N–H and O–H groups in total. The van der Waals surface area contributed by atoms with Gasteiger partial charge in [0.25, 0.3) is 0 Å². The van der Waals surface area contributed by atoms with Gasteiger partial charge in [0.1, 0.15) is 5.76 Å². The number of halogens is 1. The SMILES string of the molecule is Cc1cc(CN2CCN(CC(O)c3cccc(Cl)c3)CC2)no1. The van der Waals surface area contributed by atoms with Crippen molar-refractivity contribution in [3.8, 4) is 0 Å². The molecule has 6 heteroatoms. The van der Waals surface area contributed by atoms with E-state index >= 15 is 0 Å². The van der Waals surface area contributed by atoms with Crippen LogP contribution in [0.2, 0.25) is 5.02 Å². The monoisotopic (exact) mass is 335 g/mol. The molecule has 5 nitrogen and oxygen atoms in total. The predicted octanol–water partition coefficient (Wildman–Crippen LogP) is 2.49. The minimum atomic E-state index is -0.501. The molecule has 1 aromatic carbocycles. The molecule has 1 fully saturated rings. The summed E-state index contributed by atoms with van der Waals surface area (Å²) in [5.74, 6) is 0.850. The Morgan fingerprint density at radius 2 is 1.96 bits per heavy atom. The van der Waals surface area contributed by atoms with E-state index in [1.807, 2.05) is 37.3 Å². The van der Waals surface area contributed by atoms with Crippen LogP contribution in [0.3, 0.4) is 0 Å². The molecule has 1 aliphatic rings. The van der Waals surface area contributed by atoms with Gasteiger partial charge in [0.15, 0.2) is 0 Å². The highest BCUT2D eigenvalue weighted by Crippen LogP contribution is 2.19. The van der Waals surface area contributed by atoms with Gasteiger partial charge in [0.2, 0.25) is 0 Å². The largest absolute Gasteiger partial charge is 0.387 e. The zero-order chi connectivity index (χ0) is 16.2. The molecule has 1 atom stereocenters. The number of β-amino-alcohol motifs (C(OH)–C–C–N with tert-alkyl or cyclic N) is 1. The van der Waals surface area contributed by atoms with Gasteiger partial charge in [-0.1, -0.05) is 28.9 Å². The highest BCUT2D eigenvalue weighted by molar-refractivity contribution is 6.30. The first-order valence-electron chi connectivity index (χ1n) is 7.90. The zero-order valence-corrected chi connectivity index (χ0v) is 14.0. The Bertz CT molecular complexity index is 638. The Hall–Kier alpha value is -1.40. The normalized spacial score (nSPS) is 18.2. The first kappa shape index (κ1) is 16.5. The van der Waals surface area contributed by atoms with E-state index in [-0.39, 0.29) is 0 Å². The zero-order valence-electron chi connectivity index (χ0n) is 13.3. The van der Waals surface area contributed by atoms with E-state index in [0.717, 1.165) is 49.7 Å². The molecular formula is C17H22ClN3O2. The van der Waals surface area contributed by atoms with E-state index in [1.54, 1.807) is 0 Å². The Kier molecular flexibility index (Phi) is 5.33. The summed E-state index contributed by atoms with van der Waals surface area (Å²) in [5, 5.41) is 15.1. The molecule has 0 radical (unpaired) electrons. The Balaban J connectivity index is 1.47. The summed E-state index contributed by atoms with van der Waals surface area (Å²) < 4.78 is 5.11. The molecule has 0 spiro atoms. The van der Waals surface area contributed by atoms with E-state index in [9.17, 15) is 5.11 Å². The molecule has 2 heterocycles. The van der Waals surface area contributed by atoms with Crippen LogP contribution < -0.4 is 0 Å². The molecule has 0 aliphatic carbocycles. The maximum Gasteiger partial charge on any atom is 0.133 e. The van der Waals surface area contributed by atoms with Gasteiger partial charge in [-0.05, 0) is 24.6 Å². The third kappa shape index (κ3) is 4.54. The molecule has 0 amide bonds. The minimum absolute atomic E-state index is 0.501. The molecule has 0 bridgehead atoms. The van der Waals surface area contributed by atoms with Gasteiger partial charge >= 0.3 is 0 Å². The van der Waals surface area contributed by atoms with E-state index in [1.165, 1.54) is 0 Å². The highest BCUT2D eigenvalue weighted by atomic mass is 35.5. The summed E-state index contributed by atoms with van der Waals surface area (Å²) in [7, 11) is 0. The second-order valence-electron chi connectivity index (χ2n) is 6.08. The summed E-state index contributed by atoms with van der Waals surface area (Å²) in [6.45, 7) is 7.18. The van der Waals surface area contributed by atoms with Gasteiger partial charge in [-0.15, -0.1) is 0 Å². The van der Waals surface area contributed by atoms with Gasteiger partial charge in [0, 0.05) is 50.4 Å². The molecular weight excluding hydrogens is 314 g/mol. The van der Waals surface area contributed by atoms with Crippen LogP contribution in [0.5, 0.6) is 0 Å². The topological polar surface area (TPSA) is 52.7 Å². The lowest BCUT2D eigenvalue weighted by Crippen LogP contribution is -2.47. The number of hydrogen-bond donors (Lipinski definition) is 1. The molecule has 2 aromatic rings. The number of aromatic nitrogens is 1. The van der Waals surface area contributed by atoms with Gasteiger partial charge in [-0.3, -0.25) is 9.80 Å². The molecule has 3 rings (SSSR count). The first-order valence-corrected chi connectivity index (χ1v) is 8.28. The maximum absolute atomic E-state index is 10.4. The lowest BCUT2D eigenvalue weighted by molar-refractivity contribution is 0.0693.